The summed E-state index contributed by atoms with van der Waals surface area (Å²) in [6, 6.07) is 3.99. The SMILES string of the molecule is CC1(C)OB(c2cnc(N3CCC(=O)CC3)c(C#N)c2)OC1(C)C. The first-order chi connectivity index (χ1) is 11.2. The summed E-state index contributed by atoms with van der Waals surface area (Å²) in [5.41, 5.74) is 0.353. The lowest BCUT2D eigenvalue weighted by molar-refractivity contribution is -0.119. The smallest absolute Gasteiger partial charge is 0.399 e. The normalized spacial score (nSPS) is 22.5. The molecular formula is C17H22BN3O3. The van der Waals surface area contributed by atoms with Crippen molar-refractivity contribution in [3.8, 4) is 6.07 Å². The van der Waals surface area contributed by atoms with Crippen LogP contribution in [0.1, 0.15) is 46.1 Å². The van der Waals surface area contributed by atoms with Crippen LogP contribution in [-0.2, 0) is 14.1 Å². The molecule has 0 amide bonds. The van der Waals surface area contributed by atoms with Crippen LogP contribution in [-0.4, -0.2) is 42.2 Å². The number of nitrogens with zero attached hydrogens (tertiary/aromatic N) is 3. The van der Waals surface area contributed by atoms with E-state index in [-0.39, 0.29) is 5.78 Å². The summed E-state index contributed by atoms with van der Waals surface area (Å²) in [5.74, 6) is 0.892. The zero-order chi connectivity index (χ0) is 17.5. The van der Waals surface area contributed by atoms with Gasteiger partial charge in [0, 0.05) is 37.6 Å². The van der Waals surface area contributed by atoms with Crippen molar-refractivity contribution < 1.29 is 14.1 Å². The lowest BCUT2D eigenvalue weighted by Gasteiger charge is -2.32. The van der Waals surface area contributed by atoms with E-state index in [2.05, 4.69) is 11.1 Å². The molecule has 3 rings (SSSR count). The van der Waals surface area contributed by atoms with E-state index in [1.807, 2.05) is 32.6 Å². The predicted molar refractivity (Wildman–Crippen MR) is 91.1 cm³/mol. The fourth-order valence-corrected chi connectivity index (χ4v) is 2.88. The van der Waals surface area contributed by atoms with Crippen LogP contribution < -0.4 is 10.4 Å². The second-order valence-electron chi connectivity index (χ2n) is 7.37. The van der Waals surface area contributed by atoms with Crippen molar-refractivity contribution in [2.24, 2.45) is 0 Å². The second kappa shape index (κ2) is 5.87. The van der Waals surface area contributed by atoms with Crippen molar-refractivity contribution in [1.29, 1.82) is 5.26 Å². The maximum atomic E-state index is 11.4. The molecule has 2 aliphatic heterocycles. The Hall–Kier alpha value is -1.91. The van der Waals surface area contributed by atoms with Crippen molar-refractivity contribution in [3.63, 3.8) is 0 Å². The van der Waals surface area contributed by atoms with Crippen molar-refractivity contribution in [3.05, 3.63) is 17.8 Å². The Labute approximate surface area is 142 Å². The van der Waals surface area contributed by atoms with Gasteiger partial charge in [0.25, 0.3) is 0 Å². The average molecular weight is 327 g/mol. The van der Waals surface area contributed by atoms with Gasteiger partial charge in [0.1, 0.15) is 17.7 Å². The lowest BCUT2D eigenvalue weighted by atomic mass is 9.79. The molecule has 2 aliphatic rings. The number of aromatic nitrogens is 1. The molecule has 1 aromatic rings. The van der Waals surface area contributed by atoms with E-state index < -0.39 is 18.3 Å². The third-order valence-electron chi connectivity index (χ3n) is 5.15. The summed E-state index contributed by atoms with van der Waals surface area (Å²) in [6.07, 6.45) is 2.71. The first-order valence-corrected chi connectivity index (χ1v) is 8.26. The first-order valence-electron chi connectivity index (χ1n) is 8.26. The maximum absolute atomic E-state index is 11.4. The Balaban J connectivity index is 1.86. The number of hydrogen-bond acceptors (Lipinski definition) is 6. The topological polar surface area (TPSA) is 75.5 Å². The van der Waals surface area contributed by atoms with Gasteiger partial charge in [-0.1, -0.05) is 0 Å². The molecule has 0 atom stereocenters. The molecule has 7 heteroatoms. The van der Waals surface area contributed by atoms with Crippen LogP contribution >= 0.6 is 0 Å². The monoisotopic (exact) mass is 327 g/mol. The average Bonchev–Trinajstić information content (AvgIpc) is 2.76. The third-order valence-corrected chi connectivity index (χ3v) is 5.15. The molecule has 0 N–H and O–H groups in total. The first kappa shape index (κ1) is 16.9. The number of nitriles is 1. The number of ketones is 1. The van der Waals surface area contributed by atoms with Gasteiger partial charge in [-0.15, -0.1) is 0 Å². The van der Waals surface area contributed by atoms with E-state index in [1.165, 1.54) is 0 Å². The third kappa shape index (κ3) is 2.92. The van der Waals surface area contributed by atoms with E-state index in [0.29, 0.717) is 37.3 Å². The van der Waals surface area contributed by atoms with Crippen LogP contribution in [0.3, 0.4) is 0 Å². The summed E-state index contributed by atoms with van der Waals surface area (Å²) in [5, 5.41) is 9.51. The number of piperidine rings is 1. The number of carbonyl (C=O) groups excluding carboxylic acids is 1. The minimum Gasteiger partial charge on any atom is -0.399 e. The van der Waals surface area contributed by atoms with Gasteiger partial charge in [0.05, 0.1) is 16.8 Å². The van der Waals surface area contributed by atoms with Crippen LogP contribution in [0.2, 0.25) is 0 Å². The Kier molecular flexibility index (Phi) is 4.14. The van der Waals surface area contributed by atoms with Crippen LogP contribution in [0.15, 0.2) is 12.3 Å². The van der Waals surface area contributed by atoms with Crippen molar-refractivity contribution in [2.75, 3.05) is 18.0 Å². The van der Waals surface area contributed by atoms with Gasteiger partial charge in [-0.05, 0) is 33.8 Å². The highest BCUT2D eigenvalue weighted by Crippen LogP contribution is 2.36. The van der Waals surface area contributed by atoms with E-state index in [1.54, 1.807) is 12.3 Å². The molecule has 1 aromatic heterocycles. The molecule has 126 valence electrons. The second-order valence-corrected chi connectivity index (χ2v) is 7.37. The number of hydrogen-bond donors (Lipinski definition) is 0. The fourth-order valence-electron chi connectivity index (χ4n) is 2.88. The van der Waals surface area contributed by atoms with Gasteiger partial charge in [-0.3, -0.25) is 4.79 Å². The van der Waals surface area contributed by atoms with Gasteiger partial charge in [0.15, 0.2) is 0 Å². The molecule has 0 radical (unpaired) electrons. The number of anilines is 1. The molecule has 6 nitrogen and oxygen atoms in total. The molecule has 0 aliphatic carbocycles. The van der Waals surface area contributed by atoms with Crippen LogP contribution in [0.25, 0.3) is 0 Å². The van der Waals surface area contributed by atoms with Gasteiger partial charge in [0.2, 0.25) is 0 Å². The molecule has 0 bridgehead atoms. The van der Waals surface area contributed by atoms with E-state index in [9.17, 15) is 10.1 Å². The zero-order valence-electron chi connectivity index (χ0n) is 14.6. The van der Waals surface area contributed by atoms with Gasteiger partial charge in [-0.2, -0.15) is 5.26 Å². The Morgan fingerprint density at radius 3 is 2.33 bits per heavy atom. The number of Topliss-reactive ketones (excluding diaryl/α,β-unsaturated/α-hetero) is 1. The summed E-state index contributed by atoms with van der Waals surface area (Å²) in [4.78, 5) is 17.9. The van der Waals surface area contributed by atoms with Crippen molar-refractivity contribution in [1.82, 2.24) is 4.98 Å². The van der Waals surface area contributed by atoms with Crippen LogP contribution in [0, 0.1) is 11.3 Å². The maximum Gasteiger partial charge on any atom is 0.496 e. The van der Waals surface area contributed by atoms with E-state index in [4.69, 9.17) is 9.31 Å². The Morgan fingerprint density at radius 2 is 1.79 bits per heavy atom. The highest BCUT2D eigenvalue weighted by Gasteiger charge is 2.52. The number of pyridine rings is 1. The Morgan fingerprint density at radius 1 is 1.21 bits per heavy atom. The lowest BCUT2D eigenvalue weighted by Crippen LogP contribution is -2.41. The van der Waals surface area contributed by atoms with Gasteiger partial charge >= 0.3 is 7.12 Å². The van der Waals surface area contributed by atoms with E-state index >= 15 is 0 Å². The van der Waals surface area contributed by atoms with Crippen molar-refractivity contribution in [2.45, 2.75) is 51.7 Å². The van der Waals surface area contributed by atoms with Crippen LogP contribution in [0.5, 0.6) is 0 Å². The molecular weight excluding hydrogens is 305 g/mol. The van der Waals surface area contributed by atoms with Crippen molar-refractivity contribution >= 4 is 24.2 Å². The molecule has 0 saturated carbocycles. The zero-order valence-corrected chi connectivity index (χ0v) is 14.6. The Bertz CT molecular complexity index is 686. The number of rotatable bonds is 2. The number of carbonyl (C=O) groups is 1. The minimum absolute atomic E-state index is 0.263. The predicted octanol–water partition coefficient (Wildman–Crippen LogP) is 1.42. The molecule has 0 spiro atoms. The molecule has 3 heterocycles. The highest BCUT2D eigenvalue weighted by molar-refractivity contribution is 6.62. The largest absolute Gasteiger partial charge is 0.496 e. The molecule has 2 saturated heterocycles. The van der Waals surface area contributed by atoms with Gasteiger partial charge < -0.3 is 14.2 Å². The fraction of sp³-hybridized carbons (Fsp3) is 0.588. The standard InChI is InChI=1S/C17H22BN3O3/c1-16(2)17(3,4)24-18(23-16)13-9-12(10-19)15(20-11-13)21-7-5-14(22)6-8-21/h9,11H,5-8H2,1-4H3. The molecule has 0 unspecified atom stereocenters. The molecule has 2 fully saturated rings. The minimum atomic E-state index is -0.536. The summed E-state index contributed by atoms with van der Waals surface area (Å²) < 4.78 is 12.0. The highest BCUT2D eigenvalue weighted by atomic mass is 16.7. The molecule has 0 aromatic carbocycles. The van der Waals surface area contributed by atoms with Gasteiger partial charge in [-0.25, -0.2) is 4.98 Å². The summed E-state index contributed by atoms with van der Waals surface area (Å²) >= 11 is 0. The summed E-state index contributed by atoms with van der Waals surface area (Å²) in [7, 11) is -0.536. The summed E-state index contributed by atoms with van der Waals surface area (Å²) in [6.45, 7) is 9.18. The quantitative estimate of drug-likeness (QED) is 0.765. The van der Waals surface area contributed by atoms with E-state index in [0.717, 1.165) is 5.46 Å². The van der Waals surface area contributed by atoms with Crippen LogP contribution in [0.4, 0.5) is 5.82 Å². The molecule has 24 heavy (non-hydrogen) atoms.